The minimum atomic E-state index is 0.960. The summed E-state index contributed by atoms with van der Waals surface area (Å²) in [5.41, 5.74) is 9.03. The lowest BCUT2D eigenvalue weighted by Gasteiger charge is -2.31. The average Bonchev–Trinajstić information content (AvgIpc) is 3.54. The maximum Gasteiger partial charge on any atom is 0.0637 e. The van der Waals surface area contributed by atoms with E-state index in [-0.39, 0.29) is 0 Å². The second kappa shape index (κ2) is 10.9. The number of benzene rings is 8. The quantitative estimate of drug-likeness (QED) is 0.175. The Balaban J connectivity index is 1.17. The van der Waals surface area contributed by atoms with E-state index in [2.05, 4.69) is 169 Å². The van der Waals surface area contributed by atoms with Crippen molar-refractivity contribution in [2.45, 2.75) is 12.8 Å². The van der Waals surface area contributed by atoms with Gasteiger partial charge in [-0.3, -0.25) is 0 Å². The Morgan fingerprint density at radius 2 is 1.15 bits per heavy atom. The lowest BCUT2D eigenvalue weighted by atomic mass is 9.87. The molecule has 0 fully saturated rings. The molecule has 226 valence electrons. The molecular weight excluding hydrogens is 599 g/mol. The van der Waals surface area contributed by atoms with Gasteiger partial charge in [-0.05, 0) is 97.8 Å². The molecule has 1 aromatic heterocycles. The van der Waals surface area contributed by atoms with Gasteiger partial charge in [-0.15, -0.1) is 11.3 Å². The van der Waals surface area contributed by atoms with Crippen molar-refractivity contribution < 1.29 is 0 Å². The van der Waals surface area contributed by atoms with E-state index in [9.17, 15) is 0 Å². The number of hydrogen-bond donors (Lipinski definition) is 0. The molecule has 0 unspecified atom stereocenters. The Bertz CT molecular complexity index is 2720. The molecule has 1 heterocycles. The van der Waals surface area contributed by atoms with Crippen LogP contribution < -0.4 is 4.90 Å². The summed E-state index contributed by atoms with van der Waals surface area (Å²) in [6, 6.07) is 58.1. The fourth-order valence-electron chi connectivity index (χ4n) is 7.91. The standard InChI is InChI=1S/C46H31NS/c1-3-12-37-30(9-1)11-7-15-38(37)32-23-25-35(26-24-32)47(43-17-8-16-42-41-14-5-6-18-44(41)48-46(42)43)36-27-28-40-34(29-36)22-21-33-20-19-31-10-2-4-13-39(31)45(33)40/h1-26,29H,27-28H2. The Morgan fingerprint density at radius 1 is 0.479 bits per heavy atom. The second-order valence-corrected chi connectivity index (χ2v) is 13.9. The zero-order chi connectivity index (χ0) is 31.6. The summed E-state index contributed by atoms with van der Waals surface area (Å²) in [7, 11) is 0. The molecule has 1 aliphatic carbocycles. The van der Waals surface area contributed by atoms with Gasteiger partial charge >= 0.3 is 0 Å². The van der Waals surface area contributed by atoms with Crippen molar-refractivity contribution in [3.63, 3.8) is 0 Å². The summed E-state index contributed by atoms with van der Waals surface area (Å²) in [5, 5.41) is 10.6. The highest BCUT2D eigenvalue weighted by molar-refractivity contribution is 7.26. The molecule has 10 rings (SSSR count). The van der Waals surface area contributed by atoms with E-state index in [1.54, 1.807) is 0 Å². The zero-order valence-corrected chi connectivity index (χ0v) is 27.2. The van der Waals surface area contributed by atoms with Gasteiger partial charge < -0.3 is 4.90 Å². The van der Waals surface area contributed by atoms with Gasteiger partial charge in [-0.1, -0.05) is 133 Å². The molecule has 8 aromatic carbocycles. The SMILES string of the molecule is C1=C(N(c2ccc(-c3cccc4ccccc34)cc2)c2cccc3c2sc2ccccc23)CCc2c1ccc1ccc3ccccc3c21. The van der Waals surface area contributed by atoms with Gasteiger partial charge in [-0.2, -0.15) is 0 Å². The molecule has 0 amide bonds. The van der Waals surface area contributed by atoms with Crippen molar-refractivity contribution in [3.8, 4) is 11.1 Å². The molecule has 0 radical (unpaired) electrons. The first-order chi connectivity index (χ1) is 23.8. The monoisotopic (exact) mass is 629 g/mol. The maximum absolute atomic E-state index is 2.53. The summed E-state index contributed by atoms with van der Waals surface area (Å²) in [4.78, 5) is 2.53. The predicted molar refractivity (Wildman–Crippen MR) is 209 cm³/mol. The highest BCUT2D eigenvalue weighted by Gasteiger charge is 2.24. The summed E-state index contributed by atoms with van der Waals surface area (Å²) >= 11 is 1.90. The Hall–Kier alpha value is -5.70. The summed E-state index contributed by atoms with van der Waals surface area (Å²) in [5.74, 6) is 0. The van der Waals surface area contributed by atoms with Gasteiger partial charge in [-0.25, -0.2) is 0 Å². The zero-order valence-electron chi connectivity index (χ0n) is 26.4. The predicted octanol–water partition coefficient (Wildman–Crippen LogP) is 13.3. The number of fused-ring (bicyclic) bond motifs is 9. The first kappa shape index (κ1) is 27.4. The highest BCUT2D eigenvalue weighted by Crippen LogP contribution is 2.46. The van der Waals surface area contributed by atoms with E-state index in [1.165, 1.54) is 91.8 Å². The number of allylic oxidation sites excluding steroid dienone is 1. The molecule has 0 saturated carbocycles. The molecule has 48 heavy (non-hydrogen) atoms. The Morgan fingerprint density at radius 3 is 2.02 bits per heavy atom. The van der Waals surface area contributed by atoms with E-state index in [0.717, 1.165) is 12.8 Å². The third-order valence-electron chi connectivity index (χ3n) is 10.1. The van der Waals surface area contributed by atoms with E-state index in [0.29, 0.717) is 0 Å². The molecule has 0 atom stereocenters. The first-order valence-electron chi connectivity index (χ1n) is 16.7. The third-order valence-corrected chi connectivity index (χ3v) is 11.4. The molecule has 0 saturated heterocycles. The van der Waals surface area contributed by atoms with Crippen molar-refractivity contribution >= 4 is 81.3 Å². The fourth-order valence-corrected chi connectivity index (χ4v) is 9.12. The van der Waals surface area contributed by atoms with Crippen LogP contribution in [0.2, 0.25) is 0 Å². The number of anilines is 2. The summed E-state index contributed by atoms with van der Waals surface area (Å²) in [6.07, 6.45) is 4.41. The van der Waals surface area contributed by atoms with Gasteiger partial charge in [0.1, 0.15) is 0 Å². The van der Waals surface area contributed by atoms with Crippen LogP contribution in [0.5, 0.6) is 0 Å². The minimum absolute atomic E-state index is 0.960. The van der Waals surface area contributed by atoms with E-state index >= 15 is 0 Å². The molecule has 2 heteroatoms. The Labute approximate surface area is 283 Å². The number of rotatable bonds is 4. The maximum atomic E-state index is 2.53. The molecule has 1 nitrogen and oxygen atoms in total. The van der Waals surface area contributed by atoms with Crippen molar-refractivity contribution in [2.24, 2.45) is 0 Å². The van der Waals surface area contributed by atoms with Crippen LogP contribution in [0.4, 0.5) is 11.4 Å². The van der Waals surface area contributed by atoms with Crippen molar-refractivity contribution in [1.29, 1.82) is 0 Å². The van der Waals surface area contributed by atoms with Crippen LogP contribution in [-0.2, 0) is 6.42 Å². The first-order valence-corrected chi connectivity index (χ1v) is 17.5. The molecule has 1 aliphatic rings. The van der Waals surface area contributed by atoms with E-state index in [1.807, 2.05) is 11.3 Å². The largest absolute Gasteiger partial charge is 0.313 e. The number of nitrogens with zero attached hydrogens (tertiary/aromatic N) is 1. The van der Waals surface area contributed by atoms with Crippen LogP contribution in [0, 0.1) is 0 Å². The van der Waals surface area contributed by atoms with E-state index in [4.69, 9.17) is 0 Å². The molecule has 0 N–H and O–H groups in total. The van der Waals surface area contributed by atoms with Gasteiger partial charge in [0.05, 0.1) is 10.4 Å². The van der Waals surface area contributed by atoms with Crippen LogP contribution >= 0.6 is 11.3 Å². The lowest BCUT2D eigenvalue weighted by molar-refractivity contribution is 0.903. The molecule has 0 spiro atoms. The van der Waals surface area contributed by atoms with Crippen LogP contribution in [0.3, 0.4) is 0 Å². The molecule has 0 aliphatic heterocycles. The number of hydrogen-bond acceptors (Lipinski definition) is 2. The van der Waals surface area contributed by atoms with Gasteiger partial charge in [0, 0.05) is 26.9 Å². The molecule has 9 aromatic rings. The van der Waals surface area contributed by atoms with Crippen molar-refractivity contribution in [3.05, 3.63) is 175 Å². The van der Waals surface area contributed by atoms with Gasteiger partial charge in [0.15, 0.2) is 0 Å². The number of thiophene rings is 1. The highest BCUT2D eigenvalue weighted by atomic mass is 32.1. The number of aryl methyl sites for hydroxylation is 1. The lowest BCUT2D eigenvalue weighted by Crippen LogP contribution is -2.19. The van der Waals surface area contributed by atoms with Crippen LogP contribution in [0.15, 0.2) is 163 Å². The Kier molecular flexibility index (Phi) is 6.25. The van der Waals surface area contributed by atoms with Crippen LogP contribution in [0.25, 0.3) is 69.7 Å². The molecular formula is C46H31NS. The van der Waals surface area contributed by atoms with Crippen LogP contribution in [0.1, 0.15) is 17.5 Å². The van der Waals surface area contributed by atoms with Gasteiger partial charge in [0.25, 0.3) is 0 Å². The summed E-state index contributed by atoms with van der Waals surface area (Å²) in [6.45, 7) is 0. The average molecular weight is 630 g/mol. The summed E-state index contributed by atoms with van der Waals surface area (Å²) < 4.78 is 2.65. The van der Waals surface area contributed by atoms with Crippen molar-refractivity contribution in [2.75, 3.05) is 4.90 Å². The normalized spacial score (nSPS) is 13.0. The van der Waals surface area contributed by atoms with Gasteiger partial charge in [0.2, 0.25) is 0 Å². The minimum Gasteiger partial charge on any atom is -0.313 e. The topological polar surface area (TPSA) is 3.24 Å². The molecule has 0 bridgehead atoms. The smallest absolute Gasteiger partial charge is 0.0637 e. The van der Waals surface area contributed by atoms with E-state index < -0.39 is 0 Å². The second-order valence-electron chi connectivity index (χ2n) is 12.8. The van der Waals surface area contributed by atoms with Crippen molar-refractivity contribution in [1.82, 2.24) is 0 Å². The third kappa shape index (κ3) is 4.30. The fraction of sp³-hybridized carbons (Fsp3) is 0.0435. The van der Waals surface area contributed by atoms with Crippen LogP contribution in [-0.4, -0.2) is 0 Å².